The average Bonchev–Trinajstić information content (AvgIpc) is 2.97. The van der Waals surface area contributed by atoms with Crippen molar-refractivity contribution >= 4 is 32.8 Å². The third-order valence-corrected chi connectivity index (χ3v) is 7.42. The number of hydrogen-bond acceptors (Lipinski definition) is 4. The zero-order valence-electron chi connectivity index (χ0n) is 20.8. The van der Waals surface area contributed by atoms with Gasteiger partial charge in [0.25, 0.3) is 0 Å². The van der Waals surface area contributed by atoms with E-state index in [9.17, 15) is 9.18 Å². The van der Waals surface area contributed by atoms with E-state index in [0.717, 1.165) is 26.7 Å². The van der Waals surface area contributed by atoms with Crippen molar-refractivity contribution in [1.82, 2.24) is 10.3 Å². The summed E-state index contributed by atoms with van der Waals surface area (Å²) < 4.78 is 20.3. The van der Waals surface area contributed by atoms with Crippen LogP contribution < -0.4 is 5.32 Å². The van der Waals surface area contributed by atoms with Crippen LogP contribution in [0.4, 0.5) is 4.39 Å². The van der Waals surface area contributed by atoms with E-state index >= 15 is 0 Å². The topological polar surface area (TPSA) is 51.2 Å². The summed E-state index contributed by atoms with van der Waals surface area (Å²) in [6.45, 7) is 0. The normalized spacial score (nSPS) is 12.3. The van der Waals surface area contributed by atoms with Gasteiger partial charge in [0.05, 0.1) is 24.4 Å². The zero-order valence-corrected chi connectivity index (χ0v) is 22.4. The molecule has 0 saturated carbocycles. The molecule has 0 spiro atoms. The number of methoxy groups -OCH3 is 1. The molecule has 0 amide bonds. The third-order valence-electron chi connectivity index (χ3n) is 6.78. The van der Waals surface area contributed by atoms with Crippen molar-refractivity contribution in [3.8, 4) is 0 Å². The van der Waals surface area contributed by atoms with Crippen LogP contribution in [-0.2, 0) is 21.5 Å². The second kappa shape index (κ2) is 11.3. The molecule has 5 rings (SSSR count). The maximum atomic E-state index is 14.3. The molecule has 0 aliphatic carbocycles. The minimum atomic E-state index is -0.878. The summed E-state index contributed by atoms with van der Waals surface area (Å²) in [4.78, 5) is 17.6. The fourth-order valence-electron chi connectivity index (χ4n) is 5.03. The van der Waals surface area contributed by atoms with Gasteiger partial charge in [0, 0.05) is 9.86 Å². The van der Waals surface area contributed by atoms with E-state index in [-0.39, 0.29) is 6.42 Å². The van der Waals surface area contributed by atoms with Crippen LogP contribution in [0.2, 0.25) is 0 Å². The molecule has 5 aromatic rings. The van der Waals surface area contributed by atoms with Crippen LogP contribution in [0.3, 0.4) is 0 Å². The van der Waals surface area contributed by atoms with Gasteiger partial charge in [-0.3, -0.25) is 15.1 Å². The third kappa shape index (κ3) is 4.97. The fraction of sp³-hybridized carbons (Fsp3) is 0.125. The predicted octanol–water partition coefficient (Wildman–Crippen LogP) is 6.80. The van der Waals surface area contributed by atoms with Crippen LogP contribution in [0, 0.1) is 5.82 Å². The first-order valence-corrected chi connectivity index (χ1v) is 13.1. The largest absolute Gasteiger partial charge is 0.468 e. The molecular weight excluding hydrogens is 543 g/mol. The Morgan fingerprint density at radius 2 is 1.42 bits per heavy atom. The number of nitrogens with zero attached hydrogens (tertiary/aromatic N) is 1. The van der Waals surface area contributed by atoms with E-state index in [1.807, 2.05) is 66.7 Å². The van der Waals surface area contributed by atoms with Crippen molar-refractivity contribution in [2.24, 2.45) is 0 Å². The van der Waals surface area contributed by atoms with Crippen LogP contribution in [0.25, 0.3) is 10.9 Å². The van der Waals surface area contributed by atoms with Crippen LogP contribution in [0.15, 0.2) is 120 Å². The number of esters is 1. The Balaban J connectivity index is 1.70. The van der Waals surface area contributed by atoms with E-state index < -0.39 is 23.4 Å². The van der Waals surface area contributed by atoms with Gasteiger partial charge in [-0.1, -0.05) is 97.1 Å². The van der Waals surface area contributed by atoms with Crippen molar-refractivity contribution in [1.29, 1.82) is 0 Å². The molecular formula is C32H26BrFN2O2. The quantitative estimate of drug-likeness (QED) is 0.165. The monoisotopic (exact) mass is 568 g/mol. The van der Waals surface area contributed by atoms with Gasteiger partial charge in [-0.05, 0) is 56.7 Å². The Morgan fingerprint density at radius 1 is 0.895 bits per heavy atom. The summed E-state index contributed by atoms with van der Waals surface area (Å²) >= 11 is 3.51. The number of hydrogen-bond donors (Lipinski definition) is 1. The molecule has 4 nitrogen and oxygen atoms in total. The van der Waals surface area contributed by atoms with Crippen molar-refractivity contribution in [2.45, 2.75) is 18.0 Å². The number of aromatic nitrogens is 1. The second-order valence-corrected chi connectivity index (χ2v) is 9.88. The first-order chi connectivity index (χ1) is 18.5. The molecule has 0 saturated heterocycles. The SMILES string of the molecule is COC(=O)[C@H](Cc1ccc(Br)c2ncc(F)cc12)NC(c1ccccc1)(c1ccccc1)c1ccccc1. The van der Waals surface area contributed by atoms with Gasteiger partial charge in [0.2, 0.25) is 0 Å². The zero-order chi connectivity index (χ0) is 26.5. The number of fused-ring (bicyclic) bond motifs is 1. The molecule has 6 heteroatoms. The number of carbonyl (C=O) groups is 1. The smallest absolute Gasteiger partial charge is 0.323 e. The lowest BCUT2D eigenvalue weighted by Gasteiger charge is -2.39. The molecule has 38 heavy (non-hydrogen) atoms. The number of halogens is 2. The minimum Gasteiger partial charge on any atom is -0.468 e. The first kappa shape index (κ1) is 25.8. The maximum absolute atomic E-state index is 14.3. The van der Waals surface area contributed by atoms with Gasteiger partial charge in [-0.15, -0.1) is 0 Å². The van der Waals surface area contributed by atoms with Crippen molar-refractivity contribution in [2.75, 3.05) is 7.11 Å². The number of rotatable bonds is 8. The van der Waals surface area contributed by atoms with Crippen molar-refractivity contribution in [3.05, 3.63) is 148 Å². The molecule has 0 aliphatic rings. The van der Waals surface area contributed by atoms with Gasteiger partial charge >= 0.3 is 5.97 Å². The van der Waals surface area contributed by atoms with Crippen LogP contribution in [0.5, 0.6) is 0 Å². The predicted molar refractivity (Wildman–Crippen MR) is 151 cm³/mol. The Kier molecular flexibility index (Phi) is 7.63. The highest BCUT2D eigenvalue weighted by molar-refractivity contribution is 9.10. The summed E-state index contributed by atoms with van der Waals surface area (Å²) in [5, 5.41) is 4.35. The first-order valence-electron chi connectivity index (χ1n) is 12.3. The second-order valence-electron chi connectivity index (χ2n) is 9.03. The molecule has 0 bridgehead atoms. The molecule has 1 N–H and O–H groups in total. The van der Waals surface area contributed by atoms with Crippen LogP contribution >= 0.6 is 15.9 Å². The molecule has 0 aliphatic heterocycles. The number of ether oxygens (including phenoxy) is 1. The molecule has 1 atom stereocenters. The highest BCUT2D eigenvalue weighted by atomic mass is 79.9. The van der Waals surface area contributed by atoms with E-state index in [1.165, 1.54) is 19.4 Å². The van der Waals surface area contributed by atoms with E-state index in [0.29, 0.717) is 10.9 Å². The Bertz CT molecular complexity index is 1450. The van der Waals surface area contributed by atoms with Crippen molar-refractivity contribution in [3.63, 3.8) is 0 Å². The fourth-order valence-corrected chi connectivity index (χ4v) is 5.47. The molecule has 0 radical (unpaired) electrons. The summed E-state index contributed by atoms with van der Waals surface area (Å²) in [7, 11) is 1.38. The molecule has 1 heterocycles. The lowest BCUT2D eigenvalue weighted by molar-refractivity contribution is -0.143. The van der Waals surface area contributed by atoms with Crippen molar-refractivity contribution < 1.29 is 13.9 Å². The van der Waals surface area contributed by atoms with Gasteiger partial charge in [-0.25, -0.2) is 4.39 Å². The summed E-state index contributed by atoms with van der Waals surface area (Å²) in [5.41, 5.74) is 3.45. The lowest BCUT2D eigenvalue weighted by atomic mass is 9.76. The highest BCUT2D eigenvalue weighted by Crippen LogP contribution is 2.38. The Labute approximate surface area is 229 Å². The summed E-state index contributed by atoms with van der Waals surface area (Å²) in [6, 6.07) is 34.6. The van der Waals surface area contributed by atoms with E-state index in [2.05, 4.69) is 62.6 Å². The summed E-state index contributed by atoms with van der Waals surface area (Å²) in [6.07, 6.45) is 1.45. The van der Waals surface area contributed by atoms with Crippen LogP contribution in [0.1, 0.15) is 22.3 Å². The Morgan fingerprint density at radius 3 is 1.92 bits per heavy atom. The number of pyridine rings is 1. The standard InChI is InChI=1S/C32H26BrFN2O2/c1-38-31(37)29(19-22-17-18-28(33)30-27(22)20-26(34)21-35-30)36-32(23-11-5-2-6-12-23,24-13-7-3-8-14-24)25-15-9-4-10-16-25/h2-18,20-21,29,36H,19H2,1H3/t29-/m0/s1. The lowest BCUT2D eigenvalue weighted by Crippen LogP contribution is -2.53. The molecule has 1 aromatic heterocycles. The summed E-state index contributed by atoms with van der Waals surface area (Å²) in [5.74, 6) is -0.857. The van der Waals surface area contributed by atoms with Gasteiger partial charge in [0.1, 0.15) is 11.9 Å². The highest BCUT2D eigenvalue weighted by Gasteiger charge is 2.40. The van der Waals surface area contributed by atoms with Crippen LogP contribution in [-0.4, -0.2) is 24.1 Å². The number of benzene rings is 4. The van der Waals surface area contributed by atoms with Gasteiger partial charge in [0.15, 0.2) is 0 Å². The van der Waals surface area contributed by atoms with E-state index in [1.54, 1.807) is 0 Å². The molecule has 0 unspecified atom stereocenters. The number of nitrogens with one attached hydrogen (secondary N) is 1. The Hall–Kier alpha value is -3.87. The average molecular weight is 569 g/mol. The van der Waals surface area contributed by atoms with Gasteiger partial charge in [-0.2, -0.15) is 0 Å². The minimum absolute atomic E-state index is 0.260. The molecule has 0 fully saturated rings. The molecule has 190 valence electrons. The van der Waals surface area contributed by atoms with Gasteiger partial charge < -0.3 is 4.74 Å². The molecule has 4 aromatic carbocycles. The number of carbonyl (C=O) groups excluding carboxylic acids is 1. The maximum Gasteiger partial charge on any atom is 0.323 e. The van der Waals surface area contributed by atoms with E-state index in [4.69, 9.17) is 4.74 Å².